The van der Waals surface area contributed by atoms with Gasteiger partial charge < -0.3 is 29.7 Å². The summed E-state index contributed by atoms with van der Waals surface area (Å²) in [5, 5.41) is 9.40. The van der Waals surface area contributed by atoms with Crippen LogP contribution in [0, 0.1) is 0 Å². The zero-order chi connectivity index (χ0) is 39.3. The molecule has 0 bridgehead atoms. The van der Waals surface area contributed by atoms with Gasteiger partial charge in [-0.3, -0.25) is 15.0 Å². The monoisotopic (exact) mass is 739 g/mol. The molecule has 0 aliphatic heterocycles. The maximum Gasteiger partial charge on any atom is 0.329 e. The van der Waals surface area contributed by atoms with Crippen molar-refractivity contribution in [3.05, 3.63) is 114 Å². The van der Waals surface area contributed by atoms with Gasteiger partial charge in [0.1, 0.15) is 22.9 Å². The van der Waals surface area contributed by atoms with Gasteiger partial charge in [-0.05, 0) is 88.1 Å². The van der Waals surface area contributed by atoms with Gasteiger partial charge in [-0.2, -0.15) is 0 Å². The molecule has 0 saturated carbocycles. The predicted octanol–water partition coefficient (Wildman–Crippen LogP) is 6.60. The van der Waals surface area contributed by atoms with Crippen molar-refractivity contribution in [3.63, 3.8) is 0 Å². The average Bonchev–Trinajstić information content (AvgIpc) is 3.14. The van der Waals surface area contributed by atoms with Crippen LogP contribution in [0.5, 0.6) is 5.75 Å². The molecule has 4 amide bonds. The van der Waals surface area contributed by atoms with Crippen LogP contribution in [0.3, 0.4) is 0 Å². The van der Waals surface area contributed by atoms with Crippen molar-refractivity contribution in [1.82, 2.24) is 26.0 Å². The van der Waals surface area contributed by atoms with Gasteiger partial charge in [0.15, 0.2) is 6.29 Å². The van der Waals surface area contributed by atoms with E-state index in [1.807, 2.05) is 132 Å². The van der Waals surface area contributed by atoms with Crippen LogP contribution in [-0.2, 0) is 38.6 Å². The highest BCUT2D eigenvalue weighted by molar-refractivity contribution is 5.92. The zero-order valence-corrected chi connectivity index (χ0v) is 33.0. The van der Waals surface area contributed by atoms with E-state index >= 15 is 0 Å². The molecule has 0 heterocycles. The molecule has 290 valence electrons. The Morgan fingerprint density at radius 3 is 2.04 bits per heavy atom. The first-order valence-corrected chi connectivity index (χ1v) is 18.6. The SMILES string of the molecule is CCOC(CN(Cc1cccc2ccccc12)C(=O)[C@H](Cc1ccc(OC(C)(C)C)cc1)NC(=O)C(C)(C)N(C)NC(=O)NCc1ccccc1)OCC. The van der Waals surface area contributed by atoms with Gasteiger partial charge in [-0.25, -0.2) is 9.80 Å². The van der Waals surface area contributed by atoms with E-state index < -0.39 is 29.8 Å². The molecule has 0 saturated heterocycles. The van der Waals surface area contributed by atoms with Crippen molar-refractivity contribution < 1.29 is 28.6 Å². The summed E-state index contributed by atoms with van der Waals surface area (Å²) < 4.78 is 17.9. The molecular formula is C43H57N5O6. The lowest BCUT2D eigenvalue weighted by Gasteiger charge is -2.36. The van der Waals surface area contributed by atoms with Crippen LogP contribution < -0.4 is 20.8 Å². The van der Waals surface area contributed by atoms with E-state index in [-0.39, 0.29) is 31.0 Å². The Balaban J connectivity index is 1.63. The predicted molar refractivity (Wildman–Crippen MR) is 213 cm³/mol. The molecule has 1 atom stereocenters. The third-order valence-corrected chi connectivity index (χ3v) is 8.98. The molecule has 4 rings (SSSR count). The summed E-state index contributed by atoms with van der Waals surface area (Å²) in [7, 11) is 1.62. The molecule has 54 heavy (non-hydrogen) atoms. The number of fused-ring (bicyclic) bond motifs is 1. The molecule has 0 spiro atoms. The molecule has 11 nitrogen and oxygen atoms in total. The second-order valence-corrected chi connectivity index (χ2v) is 14.7. The summed E-state index contributed by atoms with van der Waals surface area (Å²) in [5.74, 6) is -0.0511. The quantitative estimate of drug-likeness (QED) is 0.0778. The van der Waals surface area contributed by atoms with E-state index in [1.165, 1.54) is 5.01 Å². The minimum Gasteiger partial charge on any atom is -0.488 e. The van der Waals surface area contributed by atoms with Crippen LogP contribution in [0.25, 0.3) is 10.8 Å². The smallest absolute Gasteiger partial charge is 0.329 e. The van der Waals surface area contributed by atoms with Gasteiger partial charge in [0.2, 0.25) is 11.8 Å². The third-order valence-electron chi connectivity index (χ3n) is 8.98. The summed E-state index contributed by atoms with van der Waals surface area (Å²) in [4.78, 5) is 43.7. The molecule has 3 N–H and O–H groups in total. The number of nitrogens with one attached hydrogen (secondary N) is 3. The normalized spacial score (nSPS) is 12.4. The van der Waals surface area contributed by atoms with E-state index in [1.54, 1.807) is 25.8 Å². The highest BCUT2D eigenvalue weighted by Crippen LogP contribution is 2.23. The Morgan fingerprint density at radius 2 is 1.39 bits per heavy atom. The lowest BCUT2D eigenvalue weighted by atomic mass is 9.99. The molecule has 0 radical (unpaired) electrons. The first-order valence-electron chi connectivity index (χ1n) is 18.6. The Bertz CT molecular complexity index is 1800. The number of urea groups is 1. The van der Waals surface area contributed by atoms with Crippen molar-refractivity contribution >= 4 is 28.6 Å². The van der Waals surface area contributed by atoms with Crippen molar-refractivity contribution in [2.45, 2.75) is 91.4 Å². The van der Waals surface area contributed by atoms with Gasteiger partial charge in [0.25, 0.3) is 0 Å². The van der Waals surface area contributed by atoms with Gasteiger partial charge >= 0.3 is 6.03 Å². The molecule has 4 aromatic rings. The number of hydrogen-bond donors (Lipinski definition) is 3. The molecule has 0 aromatic heterocycles. The number of carbonyl (C=O) groups excluding carboxylic acids is 3. The summed E-state index contributed by atoms with van der Waals surface area (Å²) >= 11 is 0. The molecule has 0 aliphatic carbocycles. The third kappa shape index (κ3) is 12.3. The van der Waals surface area contributed by atoms with Gasteiger partial charge in [0, 0.05) is 39.8 Å². The van der Waals surface area contributed by atoms with E-state index in [9.17, 15) is 14.4 Å². The van der Waals surface area contributed by atoms with Crippen molar-refractivity contribution in [2.75, 3.05) is 26.8 Å². The number of carbonyl (C=O) groups is 3. The van der Waals surface area contributed by atoms with Crippen molar-refractivity contribution in [2.24, 2.45) is 0 Å². The molecule has 0 aliphatic rings. The highest BCUT2D eigenvalue weighted by Gasteiger charge is 2.37. The average molecular weight is 740 g/mol. The minimum atomic E-state index is -1.26. The van der Waals surface area contributed by atoms with Crippen LogP contribution in [-0.4, -0.2) is 78.0 Å². The van der Waals surface area contributed by atoms with E-state index in [4.69, 9.17) is 14.2 Å². The number of amides is 4. The number of benzene rings is 4. The van der Waals surface area contributed by atoms with Gasteiger partial charge in [-0.15, -0.1) is 0 Å². The molecule has 0 fully saturated rings. The number of rotatable bonds is 18. The second kappa shape index (κ2) is 19.4. The molecule has 0 unspecified atom stereocenters. The van der Waals surface area contributed by atoms with Gasteiger partial charge in [-0.1, -0.05) is 84.9 Å². The minimum absolute atomic E-state index is 0.140. The molecule has 4 aromatic carbocycles. The van der Waals surface area contributed by atoms with Crippen molar-refractivity contribution in [1.29, 1.82) is 0 Å². The zero-order valence-electron chi connectivity index (χ0n) is 33.0. The lowest BCUT2D eigenvalue weighted by Crippen LogP contribution is -2.63. The fraction of sp³-hybridized carbons (Fsp3) is 0.419. The van der Waals surface area contributed by atoms with Crippen molar-refractivity contribution in [3.8, 4) is 5.75 Å². The molecular weight excluding hydrogens is 683 g/mol. The first kappa shape index (κ1) is 41.8. The fourth-order valence-corrected chi connectivity index (χ4v) is 5.87. The largest absolute Gasteiger partial charge is 0.488 e. The number of likely N-dealkylation sites (N-methyl/N-ethyl adjacent to an activating group) is 1. The maximum atomic E-state index is 14.9. The number of hydrazine groups is 1. The van der Waals surface area contributed by atoms with Crippen LogP contribution in [0.2, 0.25) is 0 Å². The standard InChI is InChI=1S/C43H57N5O6/c1-9-52-38(53-10-2)30-48(29-34-21-16-20-33-19-14-15-22-36(33)34)39(49)37(27-31-23-25-35(26-24-31)54-42(3,4)5)45-40(50)43(6,7)47(8)46-41(51)44-28-32-17-12-11-13-18-32/h11-26,37-38H,9-10,27-30H2,1-8H3,(H,45,50)(H2,44,46,51)/t37-/m0/s1. The second-order valence-electron chi connectivity index (χ2n) is 14.7. The van der Waals surface area contributed by atoms with Crippen LogP contribution in [0.15, 0.2) is 97.1 Å². The Hall–Kier alpha value is -4.97. The van der Waals surface area contributed by atoms with Crippen LogP contribution >= 0.6 is 0 Å². The Kier molecular flexibility index (Phi) is 15.0. The number of hydrogen-bond acceptors (Lipinski definition) is 7. The Labute approximate surface area is 320 Å². The lowest BCUT2D eigenvalue weighted by molar-refractivity contribution is -0.161. The van der Waals surface area contributed by atoms with E-state index in [0.717, 1.165) is 27.5 Å². The van der Waals surface area contributed by atoms with Crippen LogP contribution in [0.4, 0.5) is 4.79 Å². The Morgan fingerprint density at radius 1 is 0.759 bits per heavy atom. The summed E-state index contributed by atoms with van der Waals surface area (Å²) in [6, 6.07) is 29.7. The summed E-state index contributed by atoms with van der Waals surface area (Å²) in [6.07, 6.45) is -0.476. The topological polar surface area (TPSA) is 121 Å². The maximum absolute atomic E-state index is 14.9. The number of ether oxygens (including phenoxy) is 3. The number of nitrogens with zero attached hydrogens (tertiary/aromatic N) is 2. The van der Waals surface area contributed by atoms with Crippen LogP contribution in [0.1, 0.15) is 65.2 Å². The van der Waals surface area contributed by atoms with E-state index in [2.05, 4.69) is 16.1 Å². The van der Waals surface area contributed by atoms with Gasteiger partial charge in [0.05, 0.1) is 6.54 Å². The highest BCUT2D eigenvalue weighted by atomic mass is 16.7. The summed E-state index contributed by atoms with van der Waals surface area (Å²) in [6.45, 7) is 14.6. The fourth-order valence-electron chi connectivity index (χ4n) is 5.87. The molecule has 11 heteroatoms. The summed E-state index contributed by atoms with van der Waals surface area (Å²) in [5.41, 5.74) is 3.84. The first-order chi connectivity index (χ1) is 25.7. The van der Waals surface area contributed by atoms with E-state index in [0.29, 0.717) is 25.5 Å².